The average Bonchev–Trinajstić information content (AvgIpc) is 2.71. The highest BCUT2D eigenvalue weighted by Crippen LogP contribution is 2.25. The molecule has 4 heteroatoms. The number of aromatic nitrogens is 1. The molecule has 0 saturated carbocycles. The van der Waals surface area contributed by atoms with Gasteiger partial charge in [0.25, 0.3) is 0 Å². The molecule has 2 nitrogen and oxygen atoms in total. The summed E-state index contributed by atoms with van der Waals surface area (Å²) in [4.78, 5) is 0. The highest BCUT2D eigenvalue weighted by atomic mass is 35.5. The lowest BCUT2D eigenvalue weighted by Crippen LogP contribution is -2.01. The Bertz CT molecular complexity index is 532. The quantitative estimate of drug-likeness (QED) is 0.799. The first-order chi connectivity index (χ1) is 7.72. The Balaban J connectivity index is 2.38. The van der Waals surface area contributed by atoms with Crippen LogP contribution in [0.5, 0.6) is 0 Å². The van der Waals surface area contributed by atoms with Crippen LogP contribution in [-0.2, 0) is 6.54 Å². The summed E-state index contributed by atoms with van der Waals surface area (Å²) in [5.41, 5.74) is 1.43. The Hall–Kier alpha value is -1.43. The summed E-state index contributed by atoms with van der Waals surface area (Å²) in [6.07, 6.45) is 1.83. The van der Waals surface area contributed by atoms with Crippen LogP contribution < -0.4 is 0 Å². The molecule has 16 heavy (non-hydrogen) atoms. The van der Waals surface area contributed by atoms with Crippen molar-refractivity contribution in [3.8, 4) is 6.07 Å². The monoisotopic (exact) mass is 250 g/mol. The van der Waals surface area contributed by atoms with Gasteiger partial charge in [-0.25, -0.2) is 0 Å². The second-order valence-electron chi connectivity index (χ2n) is 3.33. The van der Waals surface area contributed by atoms with Gasteiger partial charge in [-0.2, -0.15) is 5.26 Å². The lowest BCUT2D eigenvalue weighted by atomic mass is 10.2. The van der Waals surface area contributed by atoms with Crippen LogP contribution in [0.3, 0.4) is 0 Å². The summed E-state index contributed by atoms with van der Waals surface area (Å²) in [5, 5.41) is 10.1. The predicted molar refractivity (Wildman–Crippen MR) is 64.7 cm³/mol. The fourth-order valence-corrected chi connectivity index (χ4v) is 2.02. The smallest absolute Gasteiger partial charge is 0.120 e. The van der Waals surface area contributed by atoms with Gasteiger partial charge < -0.3 is 4.57 Å². The molecule has 0 N–H and O–H groups in total. The van der Waals surface area contributed by atoms with Crippen LogP contribution in [0.1, 0.15) is 11.3 Å². The molecule has 2 aromatic rings. The highest BCUT2D eigenvalue weighted by molar-refractivity contribution is 6.35. The molecule has 1 aromatic carbocycles. The van der Waals surface area contributed by atoms with Crippen molar-refractivity contribution in [2.24, 2.45) is 0 Å². The summed E-state index contributed by atoms with van der Waals surface area (Å²) < 4.78 is 1.81. The fourth-order valence-electron chi connectivity index (χ4n) is 1.51. The van der Waals surface area contributed by atoms with Gasteiger partial charge in [0.05, 0.1) is 6.54 Å². The first-order valence-corrected chi connectivity index (χ1v) is 5.46. The van der Waals surface area contributed by atoms with Crippen LogP contribution in [0.25, 0.3) is 0 Å². The molecule has 0 unspecified atom stereocenters. The van der Waals surface area contributed by atoms with E-state index in [9.17, 15) is 0 Å². The zero-order chi connectivity index (χ0) is 11.5. The van der Waals surface area contributed by atoms with E-state index in [1.54, 1.807) is 24.3 Å². The molecular formula is C12H8Cl2N2. The average molecular weight is 251 g/mol. The number of benzene rings is 1. The molecule has 1 aromatic heterocycles. The Morgan fingerprint density at radius 3 is 2.44 bits per heavy atom. The minimum Gasteiger partial charge on any atom is -0.335 e. The van der Waals surface area contributed by atoms with Crippen LogP contribution in [0.4, 0.5) is 0 Å². The van der Waals surface area contributed by atoms with Crippen molar-refractivity contribution in [1.29, 1.82) is 5.26 Å². The van der Waals surface area contributed by atoms with Gasteiger partial charge in [-0.1, -0.05) is 29.3 Å². The second kappa shape index (κ2) is 4.61. The Labute approximate surface area is 104 Å². The van der Waals surface area contributed by atoms with Crippen molar-refractivity contribution >= 4 is 23.2 Å². The molecule has 0 amide bonds. The predicted octanol–water partition coefficient (Wildman–Crippen LogP) is 3.71. The number of nitriles is 1. The van der Waals surface area contributed by atoms with Crippen molar-refractivity contribution in [2.45, 2.75) is 6.54 Å². The van der Waals surface area contributed by atoms with Gasteiger partial charge in [-0.05, 0) is 24.3 Å². The largest absolute Gasteiger partial charge is 0.335 e. The minimum atomic E-state index is 0.508. The van der Waals surface area contributed by atoms with Gasteiger partial charge in [0.2, 0.25) is 0 Å². The SMILES string of the molecule is N#Cc1cccn1Cc1c(Cl)cccc1Cl. The van der Waals surface area contributed by atoms with Gasteiger partial charge in [-0.15, -0.1) is 0 Å². The molecule has 0 spiro atoms. The first-order valence-electron chi connectivity index (χ1n) is 4.70. The third-order valence-corrected chi connectivity index (χ3v) is 3.04. The van der Waals surface area contributed by atoms with Crippen molar-refractivity contribution in [3.05, 3.63) is 57.8 Å². The molecule has 0 aliphatic heterocycles. The van der Waals surface area contributed by atoms with E-state index in [0.29, 0.717) is 22.3 Å². The summed E-state index contributed by atoms with van der Waals surface area (Å²) in [5.74, 6) is 0. The normalized spacial score (nSPS) is 10.1. The zero-order valence-electron chi connectivity index (χ0n) is 8.32. The molecule has 1 heterocycles. The summed E-state index contributed by atoms with van der Waals surface area (Å²) >= 11 is 12.1. The van der Waals surface area contributed by atoms with E-state index in [1.165, 1.54) is 0 Å². The first kappa shape index (κ1) is 11.1. The van der Waals surface area contributed by atoms with E-state index in [2.05, 4.69) is 6.07 Å². The second-order valence-corrected chi connectivity index (χ2v) is 4.15. The van der Waals surface area contributed by atoms with Crippen LogP contribution >= 0.6 is 23.2 Å². The van der Waals surface area contributed by atoms with E-state index in [0.717, 1.165) is 5.56 Å². The zero-order valence-corrected chi connectivity index (χ0v) is 9.83. The molecule has 0 aliphatic rings. The van der Waals surface area contributed by atoms with Crippen LogP contribution in [-0.4, -0.2) is 4.57 Å². The van der Waals surface area contributed by atoms with Crippen molar-refractivity contribution in [2.75, 3.05) is 0 Å². The lowest BCUT2D eigenvalue weighted by molar-refractivity contribution is 0.794. The topological polar surface area (TPSA) is 28.7 Å². The lowest BCUT2D eigenvalue weighted by Gasteiger charge is -2.08. The van der Waals surface area contributed by atoms with Gasteiger partial charge in [0.15, 0.2) is 0 Å². The third kappa shape index (κ3) is 2.06. The number of nitrogens with zero attached hydrogens (tertiary/aromatic N) is 2. The molecule has 0 bridgehead atoms. The molecular weight excluding hydrogens is 243 g/mol. The molecule has 0 atom stereocenters. The van der Waals surface area contributed by atoms with E-state index in [1.807, 2.05) is 16.8 Å². The van der Waals surface area contributed by atoms with Crippen molar-refractivity contribution < 1.29 is 0 Å². The van der Waals surface area contributed by atoms with Crippen molar-refractivity contribution in [3.63, 3.8) is 0 Å². The van der Waals surface area contributed by atoms with Crippen LogP contribution in [0.15, 0.2) is 36.5 Å². The molecule has 0 radical (unpaired) electrons. The molecule has 2 rings (SSSR count). The van der Waals surface area contributed by atoms with E-state index in [-0.39, 0.29) is 0 Å². The van der Waals surface area contributed by atoms with Crippen LogP contribution in [0.2, 0.25) is 10.0 Å². The van der Waals surface area contributed by atoms with Gasteiger partial charge in [0, 0.05) is 21.8 Å². The van der Waals surface area contributed by atoms with Gasteiger partial charge in [-0.3, -0.25) is 0 Å². The third-order valence-electron chi connectivity index (χ3n) is 2.33. The Morgan fingerprint density at radius 2 is 1.81 bits per heavy atom. The number of hydrogen-bond acceptors (Lipinski definition) is 1. The highest BCUT2D eigenvalue weighted by Gasteiger charge is 2.07. The maximum absolute atomic E-state index is 8.89. The van der Waals surface area contributed by atoms with E-state index >= 15 is 0 Å². The maximum atomic E-state index is 8.89. The standard InChI is InChI=1S/C12H8Cl2N2/c13-11-4-1-5-12(14)10(11)8-16-6-2-3-9(16)7-15/h1-6H,8H2. The van der Waals surface area contributed by atoms with E-state index in [4.69, 9.17) is 28.5 Å². The van der Waals surface area contributed by atoms with E-state index < -0.39 is 0 Å². The number of halogens is 2. The molecule has 80 valence electrons. The van der Waals surface area contributed by atoms with Gasteiger partial charge >= 0.3 is 0 Å². The summed E-state index contributed by atoms with van der Waals surface area (Å²) in [6, 6.07) is 11.1. The van der Waals surface area contributed by atoms with Crippen molar-refractivity contribution in [1.82, 2.24) is 4.57 Å². The summed E-state index contributed by atoms with van der Waals surface area (Å²) in [7, 11) is 0. The molecule has 0 saturated heterocycles. The molecule has 0 aliphatic carbocycles. The number of hydrogen-bond donors (Lipinski definition) is 0. The number of rotatable bonds is 2. The molecule has 0 fully saturated rings. The summed E-state index contributed by atoms with van der Waals surface area (Å²) in [6.45, 7) is 0.508. The van der Waals surface area contributed by atoms with Gasteiger partial charge in [0.1, 0.15) is 11.8 Å². The Kier molecular flexibility index (Phi) is 3.19. The maximum Gasteiger partial charge on any atom is 0.120 e. The fraction of sp³-hybridized carbons (Fsp3) is 0.0833. The minimum absolute atomic E-state index is 0.508. The van der Waals surface area contributed by atoms with Crippen LogP contribution in [0, 0.1) is 11.3 Å². The Morgan fingerprint density at radius 1 is 1.12 bits per heavy atom.